The third-order valence-electron chi connectivity index (χ3n) is 4.47. The lowest BCUT2D eigenvalue weighted by Gasteiger charge is -2.16. The summed E-state index contributed by atoms with van der Waals surface area (Å²) in [6.45, 7) is 8.72. The van der Waals surface area contributed by atoms with Gasteiger partial charge in [-0.05, 0) is 47.2 Å². The first-order valence-electron chi connectivity index (χ1n) is 9.80. The van der Waals surface area contributed by atoms with E-state index in [0.29, 0.717) is 16.9 Å². The molecule has 0 saturated carbocycles. The second-order valence-corrected chi connectivity index (χ2v) is 7.70. The molecular weight excluding hydrogens is 384 g/mol. The number of carbonyl (C=O) groups excluding carboxylic acids is 3. The highest BCUT2D eigenvalue weighted by atomic mass is 16.5. The zero-order valence-electron chi connectivity index (χ0n) is 17.9. The summed E-state index contributed by atoms with van der Waals surface area (Å²) in [7, 11) is 0. The van der Waals surface area contributed by atoms with Crippen molar-refractivity contribution in [2.75, 3.05) is 17.2 Å². The number of amides is 2. The van der Waals surface area contributed by atoms with E-state index >= 15 is 0 Å². The Labute approximate surface area is 176 Å². The Balaban J connectivity index is 2.08. The van der Waals surface area contributed by atoms with Crippen LogP contribution in [0.25, 0.3) is 0 Å². The predicted octanol–water partition coefficient (Wildman–Crippen LogP) is 4.39. The van der Waals surface area contributed by atoms with Crippen LogP contribution in [0.4, 0.5) is 11.4 Å². The van der Waals surface area contributed by atoms with Gasteiger partial charge in [0.1, 0.15) is 11.3 Å². The normalized spacial score (nSPS) is 10.8. The summed E-state index contributed by atoms with van der Waals surface area (Å²) in [4.78, 5) is 35.9. The molecule has 0 aliphatic heterocycles. The molecule has 7 heteroatoms. The molecule has 0 aliphatic rings. The quantitative estimate of drug-likeness (QED) is 0.585. The maximum absolute atomic E-state index is 12.5. The van der Waals surface area contributed by atoms with Crippen molar-refractivity contribution in [3.63, 3.8) is 0 Å². The second-order valence-electron chi connectivity index (χ2n) is 7.70. The molecule has 2 aromatic carbocycles. The van der Waals surface area contributed by atoms with Crippen molar-refractivity contribution in [1.82, 2.24) is 0 Å². The number of anilines is 2. The number of hydrogen-bond donors (Lipinski definition) is 3. The summed E-state index contributed by atoms with van der Waals surface area (Å²) in [6.07, 6.45) is 0. The van der Waals surface area contributed by atoms with Crippen LogP contribution in [0.1, 0.15) is 67.9 Å². The van der Waals surface area contributed by atoms with Gasteiger partial charge in [-0.15, -0.1) is 0 Å². The molecule has 2 rings (SSSR count). The van der Waals surface area contributed by atoms with Gasteiger partial charge < -0.3 is 20.5 Å². The first-order chi connectivity index (χ1) is 14.1. The summed E-state index contributed by atoms with van der Waals surface area (Å²) >= 11 is 0. The number of hydrogen-bond acceptors (Lipinski definition) is 5. The molecule has 0 spiro atoms. The molecule has 7 nitrogen and oxygen atoms in total. The maximum atomic E-state index is 12.5. The van der Waals surface area contributed by atoms with Crippen molar-refractivity contribution in [3.8, 4) is 5.75 Å². The summed E-state index contributed by atoms with van der Waals surface area (Å²) in [5, 5.41) is 15.7. The number of nitrogens with one attached hydrogen (secondary N) is 2. The van der Waals surface area contributed by atoms with Crippen LogP contribution >= 0.6 is 0 Å². The second kappa shape index (κ2) is 9.91. The average Bonchev–Trinajstić information content (AvgIpc) is 2.65. The largest absolute Gasteiger partial charge is 0.507 e. The molecule has 30 heavy (non-hydrogen) atoms. The number of rotatable bonds is 7. The fourth-order valence-corrected chi connectivity index (χ4v) is 2.89. The molecule has 0 saturated heterocycles. The lowest BCUT2D eigenvalue weighted by atomic mass is 9.92. The number of phenolic OH excluding ortho intramolecular Hbond substituents is 1. The highest BCUT2D eigenvalue weighted by Gasteiger charge is 2.21. The average molecular weight is 412 g/mol. The predicted molar refractivity (Wildman–Crippen MR) is 116 cm³/mol. The molecule has 0 unspecified atom stereocenters. The standard InChI is InChI=1S/C23H28N2O5/c1-13(2)16-9-19(14(3)4)22(28)20(10-16)23(29)30-12-21(27)25-18-8-6-7-17(11-18)24-15(5)26/h6-11,13-14,28H,12H2,1-5H3,(H,24,26)(H,25,27). The van der Waals surface area contributed by atoms with Crippen molar-refractivity contribution in [3.05, 3.63) is 53.1 Å². The van der Waals surface area contributed by atoms with Gasteiger partial charge in [0, 0.05) is 18.3 Å². The van der Waals surface area contributed by atoms with Crippen LogP contribution in [0.15, 0.2) is 36.4 Å². The first kappa shape index (κ1) is 22.9. The minimum Gasteiger partial charge on any atom is -0.507 e. The highest BCUT2D eigenvalue weighted by molar-refractivity contribution is 5.97. The number of phenols is 1. The third kappa shape index (κ3) is 6.07. The van der Waals surface area contributed by atoms with E-state index in [-0.39, 0.29) is 29.1 Å². The van der Waals surface area contributed by atoms with E-state index in [1.54, 1.807) is 30.3 Å². The van der Waals surface area contributed by atoms with Crippen LogP contribution in [-0.4, -0.2) is 29.5 Å². The number of ether oxygens (including phenoxy) is 1. The lowest BCUT2D eigenvalue weighted by molar-refractivity contribution is -0.119. The van der Waals surface area contributed by atoms with Crippen molar-refractivity contribution in [2.45, 2.75) is 46.5 Å². The van der Waals surface area contributed by atoms with Gasteiger partial charge in [-0.3, -0.25) is 9.59 Å². The minimum absolute atomic E-state index is 0.0226. The van der Waals surface area contributed by atoms with Crippen LogP contribution in [0.3, 0.4) is 0 Å². The van der Waals surface area contributed by atoms with E-state index in [4.69, 9.17) is 4.74 Å². The molecule has 0 aromatic heterocycles. The third-order valence-corrected chi connectivity index (χ3v) is 4.47. The molecule has 0 fully saturated rings. The van der Waals surface area contributed by atoms with Gasteiger partial charge in [-0.2, -0.15) is 0 Å². The smallest absolute Gasteiger partial charge is 0.342 e. The molecule has 0 bridgehead atoms. The summed E-state index contributed by atoms with van der Waals surface area (Å²) < 4.78 is 5.13. The fraction of sp³-hybridized carbons (Fsp3) is 0.348. The van der Waals surface area contributed by atoms with Gasteiger partial charge >= 0.3 is 5.97 Å². The van der Waals surface area contributed by atoms with Gasteiger partial charge in [0.25, 0.3) is 5.91 Å². The molecule has 3 N–H and O–H groups in total. The molecule has 160 valence electrons. The Morgan fingerprint density at radius 2 is 1.60 bits per heavy atom. The zero-order valence-corrected chi connectivity index (χ0v) is 17.9. The Morgan fingerprint density at radius 3 is 2.17 bits per heavy atom. The van der Waals surface area contributed by atoms with Crippen LogP contribution in [-0.2, 0) is 14.3 Å². The number of carbonyl (C=O) groups is 3. The Morgan fingerprint density at radius 1 is 0.967 bits per heavy atom. The van der Waals surface area contributed by atoms with Gasteiger partial charge in [-0.1, -0.05) is 39.8 Å². The summed E-state index contributed by atoms with van der Waals surface area (Å²) in [6, 6.07) is 10.1. The number of aromatic hydroxyl groups is 1. The molecule has 2 amide bonds. The van der Waals surface area contributed by atoms with E-state index in [2.05, 4.69) is 10.6 Å². The topological polar surface area (TPSA) is 105 Å². The van der Waals surface area contributed by atoms with Crippen LogP contribution in [0.5, 0.6) is 5.75 Å². The van der Waals surface area contributed by atoms with E-state index < -0.39 is 18.5 Å². The molecule has 0 aliphatic carbocycles. The first-order valence-corrected chi connectivity index (χ1v) is 9.80. The zero-order chi connectivity index (χ0) is 22.4. The Hall–Kier alpha value is -3.35. The molecule has 0 atom stereocenters. The van der Waals surface area contributed by atoms with Gasteiger partial charge in [0.2, 0.25) is 5.91 Å². The summed E-state index contributed by atoms with van der Waals surface area (Å²) in [5.41, 5.74) is 2.60. The van der Waals surface area contributed by atoms with Crippen molar-refractivity contribution in [1.29, 1.82) is 0 Å². The highest BCUT2D eigenvalue weighted by Crippen LogP contribution is 2.33. The molecule has 0 heterocycles. The molecule has 0 radical (unpaired) electrons. The van der Waals surface area contributed by atoms with E-state index in [0.717, 1.165) is 5.56 Å². The minimum atomic E-state index is -0.765. The van der Waals surface area contributed by atoms with Crippen molar-refractivity contribution < 1.29 is 24.2 Å². The van der Waals surface area contributed by atoms with Crippen LogP contribution in [0.2, 0.25) is 0 Å². The maximum Gasteiger partial charge on any atom is 0.342 e. The van der Waals surface area contributed by atoms with Crippen molar-refractivity contribution >= 4 is 29.2 Å². The SMILES string of the molecule is CC(=O)Nc1cccc(NC(=O)COC(=O)c2cc(C(C)C)cc(C(C)C)c2O)c1. The van der Waals surface area contributed by atoms with E-state index in [1.807, 2.05) is 33.8 Å². The molecular formula is C23H28N2O5. The lowest BCUT2D eigenvalue weighted by Crippen LogP contribution is -2.21. The van der Waals surface area contributed by atoms with Crippen molar-refractivity contribution in [2.24, 2.45) is 0 Å². The summed E-state index contributed by atoms with van der Waals surface area (Å²) in [5.74, 6) is -1.46. The number of benzene rings is 2. The Kier molecular flexibility index (Phi) is 7.58. The van der Waals surface area contributed by atoms with Gasteiger partial charge in [0.05, 0.1) is 0 Å². The monoisotopic (exact) mass is 412 g/mol. The van der Waals surface area contributed by atoms with E-state index in [9.17, 15) is 19.5 Å². The Bertz CT molecular complexity index is 951. The van der Waals surface area contributed by atoms with Crippen LogP contribution < -0.4 is 10.6 Å². The van der Waals surface area contributed by atoms with E-state index in [1.165, 1.54) is 6.92 Å². The number of esters is 1. The fourth-order valence-electron chi connectivity index (χ4n) is 2.89. The van der Waals surface area contributed by atoms with Crippen LogP contribution in [0, 0.1) is 0 Å². The molecule has 2 aromatic rings. The van der Waals surface area contributed by atoms with Gasteiger partial charge in [-0.25, -0.2) is 4.79 Å². The van der Waals surface area contributed by atoms with Gasteiger partial charge in [0.15, 0.2) is 6.61 Å².